The largest absolute Gasteiger partial charge is 0.478 e. The number of rotatable bonds is 8. The van der Waals surface area contributed by atoms with Crippen molar-refractivity contribution in [3.05, 3.63) is 107 Å². The minimum absolute atomic E-state index is 0.285. The van der Waals surface area contributed by atoms with Crippen molar-refractivity contribution in [3.63, 3.8) is 0 Å². The van der Waals surface area contributed by atoms with E-state index in [1.54, 1.807) is 12.1 Å². The topological polar surface area (TPSA) is 82.2 Å². The summed E-state index contributed by atoms with van der Waals surface area (Å²) in [4.78, 5) is 27.9. The molecule has 0 aliphatic heterocycles. The molecule has 0 unspecified atom stereocenters. The number of carboxylic acid groups (broad SMARTS) is 1. The van der Waals surface area contributed by atoms with E-state index in [-0.39, 0.29) is 5.56 Å². The van der Waals surface area contributed by atoms with Gasteiger partial charge in [-0.3, -0.25) is 0 Å². The lowest BCUT2D eigenvalue weighted by Gasteiger charge is -2.13. The first-order valence-electron chi connectivity index (χ1n) is 13.4. The first kappa shape index (κ1) is 25.4. The lowest BCUT2D eigenvalue weighted by molar-refractivity contribution is 0.0697. The van der Waals surface area contributed by atoms with E-state index in [0.717, 1.165) is 68.8 Å². The zero-order valence-electron chi connectivity index (χ0n) is 22.8. The molecule has 0 atom stereocenters. The van der Waals surface area contributed by atoms with Gasteiger partial charge in [0.1, 0.15) is 23.8 Å². The third kappa shape index (κ3) is 4.49. The summed E-state index contributed by atoms with van der Waals surface area (Å²) in [5, 5.41) is 9.56. The minimum atomic E-state index is -0.938. The van der Waals surface area contributed by atoms with Gasteiger partial charge in [0.15, 0.2) is 0 Å². The highest BCUT2D eigenvalue weighted by Crippen LogP contribution is 2.30. The van der Waals surface area contributed by atoms with Crippen LogP contribution in [0.3, 0.4) is 0 Å². The number of hydrogen-bond acceptors (Lipinski definition) is 4. The lowest BCUT2D eigenvalue weighted by Crippen LogP contribution is -2.14. The number of carboxylic acids is 1. The zero-order chi connectivity index (χ0) is 27.8. The number of aromatic nitrogens is 4. The predicted molar refractivity (Wildman–Crippen MR) is 157 cm³/mol. The Kier molecular flexibility index (Phi) is 6.56. The first-order chi connectivity index (χ1) is 19.4. The Morgan fingerprint density at radius 1 is 0.900 bits per heavy atom. The van der Waals surface area contributed by atoms with Gasteiger partial charge in [-0.05, 0) is 65.9 Å². The van der Waals surface area contributed by atoms with Crippen LogP contribution in [0.4, 0.5) is 0 Å². The number of para-hydroxylation sites is 2. The second-order valence-corrected chi connectivity index (χ2v) is 10.0. The monoisotopic (exact) mass is 530 g/mol. The molecule has 6 aromatic rings. The molecule has 0 spiro atoms. The Morgan fingerprint density at radius 3 is 2.40 bits per heavy atom. The summed E-state index contributed by atoms with van der Waals surface area (Å²) in [6.07, 6.45) is 1.74. The van der Waals surface area contributed by atoms with E-state index in [1.165, 1.54) is 0 Å². The van der Waals surface area contributed by atoms with Crippen LogP contribution in [0.15, 0.2) is 84.9 Å². The SMILES string of the molecule is CCCc1nc2c(C)cc(-c3nc4ccccc4n3C)cc2n1OCc1ccc(-c2ccccc2C(=O)O)cc1. The van der Waals surface area contributed by atoms with Crippen LogP contribution in [-0.4, -0.2) is 30.3 Å². The standard InChI is InChI=1S/C33H30N4O3/c1-4-9-30-35-31-21(2)18-24(32-34-27-12-7-8-13-28(27)36(32)3)19-29(31)37(30)40-20-22-14-16-23(17-15-22)25-10-5-6-11-26(25)33(38)39/h5-8,10-19H,4,9,20H2,1-3H3,(H,38,39). The molecule has 2 heterocycles. The Hall–Kier alpha value is -4.91. The molecule has 7 heteroatoms. The van der Waals surface area contributed by atoms with Gasteiger partial charge in [0, 0.05) is 19.0 Å². The van der Waals surface area contributed by atoms with E-state index < -0.39 is 5.97 Å². The Morgan fingerprint density at radius 2 is 1.65 bits per heavy atom. The van der Waals surface area contributed by atoms with Gasteiger partial charge in [0.2, 0.25) is 0 Å². The van der Waals surface area contributed by atoms with Crippen LogP contribution in [0.25, 0.3) is 44.6 Å². The van der Waals surface area contributed by atoms with Gasteiger partial charge in [-0.25, -0.2) is 14.8 Å². The molecule has 0 aliphatic rings. The zero-order valence-corrected chi connectivity index (χ0v) is 22.8. The van der Waals surface area contributed by atoms with Gasteiger partial charge in [0.05, 0.1) is 22.1 Å². The summed E-state index contributed by atoms with van der Waals surface area (Å²) >= 11 is 0. The fourth-order valence-corrected chi connectivity index (χ4v) is 5.27. The van der Waals surface area contributed by atoms with Crippen molar-refractivity contribution in [1.82, 2.24) is 19.3 Å². The molecule has 0 saturated heterocycles. The van der Waals surface area contributed by atoms with Gasteiger partial charge in [0.25, 0.3) is 0 Å². The quantitative estimate of drug-likeness (QED) is 0.233. The molecular formula is C33H30N4O3. The van der Waals surface area contributed by atoms with E-state index in [9.17, 15) is 9.90 Å². The molecule has 40 heavy (non-hydrogen) atoms. The first-order valence-corrected chi connectivity index (χ1v) is 13.4. The highest BCUT2D eigenvalue weighted by atomic mass is 16.7. The van der Waals surface area contributed by atoms with Crippen LogP contribution >= 0.6 is 0 Å². The summed E-state index contributed by atoms with van der Waals surface area (Å²) in [6, 6.07) is 27.3. The number of nitrogens with zero attached hydrogens (tertiary/aromatic N) is 4. The van der Waals surface area contributed by atoms with Crippen molar-refractivity contribution >= 4 is 28.0 Å². The molecule has 6 rings (SSSR count). The second-order valence-electron chi connectivity index (χ2n) is 10.0. The summed E-state index contributed by atoms with van der Waals surface area (Å²) < 4.78 is 3.99. The van der Waals surface area contributed by atoms with Crippen LogP contribution in [0.5, 0.6) is 0 Å². The van der Waals surface area contributed by atoms with Gasteiger partial charge < -0.3 is 14.5 Å². The normalized spacial score (nSPS) is 11.4. The average molecular weight is 531 g/mol. The van der Waals surface area contributed by atoms with E-state index in [4.69, 9.17) is 14.8 Å². The fourth-order valence-electron chi connectivity index (χ4n) is 5.27. The van der Waals surface area contributed by atoms with Crippen molar-refractivity contribution < 1.29 is 14.7 Å². The molecule has 1 N–H and O–H groups in total. The third-order valence-corrected chi connectivity index (χ3v) is 7.28. The molecule has 0 bridgehead atoms. The van der Waals surface area contributed by atoms with Gasteiger partial charge in [-0.1, -0.05) is 61.5 Å². The number of aromatic carboxylic acids is 1. The summed E-state index contributed by atoms with van der Waals surface area (Å²) in [5.41, 5.74) is 8.77. The number of fused-ring (bicyclic) bond motifs is 2. The Bertz CT molecular complexity index is 1870. The van der Waals surface area contributed by atoms with Crippen molar-refractivity contribution in [2.24, 2.45) is 7.05 Å². The lowest BCUT2D eigenvalue weighted by atomic mass is 9.99. The maximum Gasteiger partial charge on any atom is 0.336 e. The Labute approximate surface area is 232 Å². The summed E-state index contributed by atoms with van der Waals surface area (Å²) in [7, 11) is 2.04. The fraction of sp³-hybridized carbons (Fsp3) is 0.182. The second kappa shape index (κ2) is 10.3. The van der Waals surface area contributed by atoms with Crippen LogP contribution in [0, 0.1) is 6.92 Å². The van der Waals surface area contributed by atoms with Gasteiger partial charge >= 0.3 is 5.97 Å². The van der Waals surface area contributed by atoms with Crippen LogP contribution < -0.4 is 4.84 Å². The number of carbonyl (C=O) groups is 1. The van der Waals surface area contributed by atoms with Gasteiger partial charge in [-0.15, -0.1) is 0 Å². The van der Waals surface area contributed by atoms with Crippen molar-refractivity contribution in [2.75, 3.05) is 0 Å². The van der Waals surface area contributed by atoms with Crippen LogP contribution in [0.1, 0.15) is 40.7 Å². The number of aryl methyl sites for hydroxylation is 3. The maximum atomic E-state index is 11.7. The highest BCUT2D eigenvalue weighted by molar-refractivity contribution is 5.96. The number of imidazole rings is 2. The molecule has 7 nitrogen and oxygen atoms in total. The highest BCUT2D eigenvalue weighted by Gasteiger charge is 2.18. The number of benzene rings is 4. The number of hydrogen-bond donors (Lipinski definition) is 1. The predicted octanol–water partition coefficient (Wildman–Crippen LogP) is 6.84. The van der Waals surface area contributed by atoms with E-state index >= 15 is 0 Å². The minimum Gasteiger partial charge on any atom is -0.478 e. The molecule has 0 fully saturated rings. The summed E-state index contributed by atoms with van der Waals surface area (Å²) in [6.45, 7) is 4.56. The van der Waals surface area contributed by atoms with Gasteiger partial charge in [-0.2, -0.15) is 4.73 Å². The third-order valence-electron chi connectivity index (χ3n) is 7.28. The average Bonchev–Trinajstić information content (AvgIpc) is 3.50. The van der Waals surface area contributed by atoms with Crippen molar-refractivity contribution in [2.45, 2.75) is 33.3 Å². The molecule has 0 radical (unpaired) electrons. The molecule has 0 amide bonds. The molecule has 2 aromatic heterocycles. The van der Waals surface area contributed by atoms with E-state index in [2.05, 4.69) is 36.6 Å². The van der Waals surface area contributed by atoms with Crippen LogP contribution in [0.2, 0.25) is 0 Å². The maximum absolute atomic E-state index is 11.7. The molecule has 0 saturated carbocycles. The molecule has 200 valence electrons. The van der Waals surface area contributed by atoms with Crippen LogP contribution in [-0.2, 0) is 20.1 Å². The van der Waals surface area contributed by atoms with Crippen molar-refractivity contribution in [1.29, 1.82) is 0 Å². The van der Waals surface area contributed by atoms with Crippen molar-refractivity contribution in [3.8, 4) is 22.5 Å². The van der Waals surface area contributed by atoms with E-state index in [1.807, 2.05) is 66.4 Å². The van der Waals surface area contributed by atoms with E-state index in [0.29, 0.717) is 12.2 Å². The smallest absolute Gasteiger partial charge is 0.336 e. The Balaban J connectivity index is 1.34. The molecule has 0 aliphatic carbocycles. The summed E-state index contributed by atoms with van der Waals surface area (Å²) in [5.74, 6) is 0.842. The molecule has 4 aromatic carbocycles. The molecular weight excluding hydrogens is 500 g/mol.